The summed E-state index contributed by atoms with van der Waals surface area (Å²) in [5.41, 5.74) is 8.27. The predicted octanol–water partition coefficient (Wildman–Crippen LogP) is 2.70. The van der Waals surface area contributed by atoms with E-state index in [1.807, 2.05) is 13.8 Å². The third kappa shape index (κ3) is 2.83. The van der Waals surface area contributed by atoms with Crippen molar-refractivity contribution in [2.45, 2.75) is 44.9 Å². The minimum atomic E-state index is -3.45. The van der Waals surface area contributed by atoms with Crippen molar-refractivity contribution in [1.82, 2.24) is 4.31 Å². The Morgan fingerprint density at radius 3 is 2.60 bits per heavy atom. The van der Waals surface area contributed by atoms with Crippen molar-refractivity contribution in [1.29, 1.82) is 0 Å². The Morgan fingerprint density at radius 1 is 1.30 bits per heavy atom. The molecule has 0 amide bonds. The summed E-state index contributed by atoms with van der Waals surface area (Å²) in [6.07, 6.45) is 3.15. The fourth-order valence-electron chi connectivity index (χ4n) is 2.83. The number of nitrogens with two attached hydrogens (primary N) is 1. The summed E-state index contributed by atoms with van der Waals surface area (Å²) >= 11 is 0. The number of hydrogen-bond donors (Lipinski definition) is 1. The minimum absolute atomic E-state index is 0.262. The molecule has 1 saturated heterocycles. The number of benzene rings is 1. The highest BCUT2D eigenvalue weighted by Gasteiger charge is 2.33. The van der Waals surface area contributed by atoms with Gasteiger partial charge in [-0.05, 0) is 55.9 Å². The maximum Gasteiger partial charge on any atom is 0.245 e. The summed E-state index contributed by atoms with van der Waals surface area (Å²) < 4.78 is 27.0. The van der Waals surface area contributed by atoms with Crippen LogP contribution in [0.15, 0.2) is 17.0 Å². The first-order chi connectivity index (χ1) is 9.36. The summed E-state index contributed by atoms with van der Waals surface area (Å²) in [6, 6.07) is 3.45. The molecule has 0 spiro atoms. The van der Waals surface area contributed by atoms with Gasteiger partial charge in [0.15, 0.2) is 0 Å². The fraction of sp³-hybridized carbons (Fsp3) is 0.600. The number of aryl methyl sites for hydroxylation is 2. The van der Waals surface area contributed by atoms with Crippen LogP contribution in [0.25, 0.3) is 0 Å². The van der Waals surface area contributed by atoms with Crippen molar-refractivity contribution in [3.8, 4) is 0 Å². The highest BCUT2D eigenvalue weighted by molar-refractivity contribution is 7.89. The first-order valence-corrected chi connectivity index (χ1v) is 8.67. The molecule has 5 heteroatoms. The van der Waals surface area contributed by atoms with Gasteiger partial charge in [-0.3, -0.25) is 0 Å². The smallest absolute Gasteiger partial charge is 0.245 e. The van der Waals surface area contributed by atoms with E-state index in [0.29, 0.717) is 24.7 Å². The third-order valence-electron chi connectivity index (χ3n) is 4.19. The van der Waals surface area contributed by atoms with Gasteiger partial charge in [0, 0.05) is 13.1 Å². The summed E-state index contributed by atoms with van der Waals surface area (Å²) in [4.78, 5) is 0.262. The zero-order valence-corrected chi connectivity index (χ0v) is 13.3. The van der Waals surface area contributed by atoms with Crippen LogP contribution in [0, 0.1) is 19.8 Å². The summed E-state index contributed by atoms with van der Waals surface area (Å²) in [5.74, 6) is 0.488. The lowest BCUT2D eigenvalue weighted by molar-refractivity contribution is 0.445. The van der Waals surface area contributed by atoms with Crippen molar-refractivity contribution in [2.24, 2.45) is 5.92 Å². The van der Waals surface area contributed by atoms with Crippen LogP contribution in [0.4, 0.5) is 5.69 Å². The molecule has 1 aromatic rings. The van der Waals surface area contributed by atoms with Gasteiger partial charge in [0.2, 0.25) is 10.0 Å². The zero-order chi connectivity index (χ0) is 14.9. The molecule has 0 aliphatic carbocycles. The second-order valence-electron chi connectivity index (χ2n) is 5.78. The van der Waals surface area contributed by atoms with Gasteiger partial charge in [-0.1, -0.05) is 13.3 Å². The van der Waals surface area contributed by atoms with E-state index < -0.39 is 10.0 Å². The van der Waals surface area contributed by atoms with E-state index >= 15 is 0 Å². The zero-order valence-electron chi connectivity index (χ0n) is 12.5. The Labute approximate surface area is 122 Å². The Morgan fingerprint density at radius 2 is 1.95 bits per heavy atom. The van der Waals surface area contributed by atoms with Gasteiger partial charge >= 0.3 is 0 Å². The second kappa shape index (κ2) is 5.74. The van der Waals surface area contributed by atoms with Crippen molar-refractivity contribution in [3.05, 3.63) is 23.3 Å². The Bertz CT molecular complexity index is 596. The number of anilines is 1. The molecule has 4 nitrogen and oxygen atoms in total. The van der Waals surface area contributed by atoms with Crippen LogP contribution in [-0.4, -0.2) is 25.8 Å². The van der Waals surface area contributed by atoms with E-state index in [9.17, 15) is 8.42 Å². The minimum Gasteiger partial charge on any atom is -0.398 e. The third-order valence-corrected chi connectivity index (χ3v) is 6.11. The molecule has 1 fully saturated rings. The molecule has 0 aromatic heterocycles. The maximum atomic E-state index is 12.7. The van der Waals surface area contributed by atoms with E-state index in [4.69, 9.17) is 5.73 Å². The summed E-state index contributed by atoms with van der Waals surface area (Å²) in [7, 11) is -3.45. The van der Waals surface area contributed by atoms with E-state index in [1.54, 1.807) is 16.4 Å². The van der Waals surface area contributed by atoms with Gasteiger partial charge in [0.25, 0.3) is 0 Å². The second-order valence-corrected chi connectivity index (χ2v) is 7.69. The van der Waals surface area contributed by atoms with E-state index in [2.05, 4.69) is 6.92 Å². The van der Waals surface area contributed by atoms with Gasteiger partial charge in [-0.25, -0.2) is 8.42 Å². The lowest BCUT2D eigenvalue weighted by atomic mass is 10.0. The number of nitrogens with zero attached hydrogens (tertiary/aromatic N) is 1. The van der Waals surface area contributed by atoms with Gasteiger partial charge in [-0.15, -0.1) is 0 Å². The number of nitrogen functional groups attached to an aromatic ring is 1. The molecule has 2 rings (SSSR count). The molecule has 1 aliphatic heterocycles. The van der Waals surface area contributed by atoms with Crippen LogP contribution < -0.4 is 5.73 Å². The van der Waals surface area contributed by atoms with Gasteiger partial charge in [0.1, 0.15) is 4.90 Å². The molecule has 0 saturated carbocycles. The standard InChI is InChI=1S/C15H24N2O2S/c1-4-5-13-6-7-17(10-13)20(18,19)15-9-12(3)11(2)8-14(15)16/h8-9,13H,4-7,10,16H2,1-3H3. The topological polar surface area (TPSA) is 63.4 Å². The molecule has 0 bridgehead atoms. The predicted molar refractivity (Wildman–Crippen MR) is 82.1 cm³/mol. The Hall–Kier alpha value is -1.07. The number of rotatable bonds is 4. The van der Waals surface area contributed by atoms with Crippen LogP contribution >= 0.6 is 0 Å². The average molecular weight is 296 g/mol. The van der Waals surface area contributed by atoms with Crippen molar-refractivity contribution >= 4 is 15.7 Å². The quantitative estimate of drug-likeness (QED) is 0.869. The van der Waals surface area contributed by atoms with Crippen LogP contribution in [0.1, 0.15) is 37.3 Å². The number of sulfonamides is 1. The van der Waals surface area contributed by atoms with Gasteiger partial charge in [0.05, 0.1) is 5.69 Å². The first-order valence-electron chi connectivity index (χ1n) is 7.23. The lowest BCUT2D eigenvalue weighted by Gasteiger charge is -2.19. The molecule has 1 aromatic carbocycles. The first kappa shape index (κ1) is 15.3. The van der Waals surface area contributed by atoms with Gasteiger partial charge < -0.3 is 5.73 Å². The number of hydrogen-bond acceptors (Lipinski definition) is 3. The van der Waals surface area contributed by atoms with Crippen LogP contribution in [-0.2, 0) is 10.0 Å². The molecular formula is C15H24N2O2S. The average Bonchev–Trinajstić information content (AvgIpc) is 2.83. The SMILES string of the molecule is CCCC1CCN(S(=O)(=O)c2cc(C)c(C)cc2N)C1. The largest absolute Gasteiger partial charge is 0.398 e. The highest BCUT2D eigenvalue weighted by Crippen LogP contribution is 2.30. The Kier molecular flexibility index (Phi) is 4.39. The molecular weight excluding hydrogens is 272 g/mol. The molecule has 20 heavy (non-hydrogen) atoms. The molecule has 1 heterocycles. The fourth-order valence-corrected chi connectivity index (χ4v) is 4.55. The Balaban J connectivity index is 2.30. The van der Waals surface area contributed by atoms with Gasteiger partial charge in [-0.2, -0.15) is 4.31 Å². The van der Waals surface area contributed by atoms with Crippen molar-refractivity contribution in [3.63, 3.8) is 0 Å². The van der Waals surface area contributed by atoms with E-state index in [1.165, 1.54) is 0 Å². The molecule has 1 atom stereocenters. The molecule has 1 unspecified atom stereocenters. The van der Waals surface area contributed by atoms with Crippen LogP contribution in [0.5, 0.6) is 0 Å². The molecule has 0 radical (unpaired) electrons. The lowest BCUT2D eigenvalue weighted by Crippen LogP contribution is -2.29. The van der Waals surface area contributed by atoms with E-state index in [-0.39, 0.29) is 4.90 Å². The van der Waals surface area contributed by atoms with Crippen molar-refractivity contribution in [2.75, 3.05) is 18.8 Å². The van der Waals surface area contributed by atoms with Crippen molar-refractivity contribution < 1.29 is 8.42 Å². The molecule has 112 valence electrons. The molecule has 2 N–H and O–H groups in total. The summed E-state index contributed by atoms with van der Waals surface area (Å²) in [5, 5.41) is 0. The van der Waals surface area contributed by atoms with E-state index in [0.717, 1.165) is 30.4 Å². The van der Waals surface area contributed by atoms with Crippen LogP contribution in [0.3, 0.4) is 0 Å². The van der Waals surface area contributed by atoms with Crippen LogP contribution in [0.2, 0.25) is 0 Å². The summed E-state index contributed by atoms with van der Waals surface area (Å²) in [6.45, 7) is 7.23. The monoisotopic (exact) mass is 296 g/mol. The normalized spacial score (nSPS) is 20.4. The molecule has 1 aliphatic rings. The maximum absolute atomic E-state index is 12.7. The highest BCUT2D eigenvalue weighted by atomic mass is 32.2.